The maximum Gasteiger partial charge on any atom is 0.214 e. The highest BCUT2D eigenvalue weighted by atomic mass is 32.2. The summed E-state index contributed by atoms with van der Waals surface area (Å²) in [5.41, 5.74) is 0. The predicted octanol–water partition coefficient (Wildman–Crippen LogP) is -0.000400. The number of likely N-dealkylation sites (tertiary alicyclic amines) is 1. The molecule has 106 valence electrons. The molecular weight excluding hydrogens is 250 g/mol. The number of nitrogens with zero attached hydrogens (tertiary/aromatic N) is 1. The van der Waals surface area contributed by atoms with E-state index in [1.165, 1.54) is 6.42 Å². The lowest BCUT2D eigenvalue weighted by atomic mass is 9.99. The second-order valence-corrected chi connectivity index (χ2v) is 7.66. The Labute approximate surface area is 110 Å². The van der Waals surface area contributed by atoms with Crippen LogP contribution >= 0.6 is 0 Å². The van der Waals surface area contributed by atoms with E-state index in [0.29, 0.717) is 12.5 Å². The van der Waals surface area contributed by atoms with Crippen LogP contribution in [0.15, 0.2) is 0 Å². The van der Waals surface area contributed by atoms with Gasteiger partial charge in [0.15, 0.2) is 0 Å². The van der Waals surface area contributed by atoms with Gasteiger partial charge in [0, 0.05) is 13.1 Å². The van der Waals surface area contributed by atoms with Crippen molar-refractivity contribution in [2.24, 2.45) is 5.92 Å². The molecule has 1 unspecified atom stereocenters. The van der Waals surface area contributed by atoms with Crippen LogP contribution in [0.1, 0.15) is 25.7 Å². The Balaban J connectivity index is 1.80. The smallest absolute Gasteiger partial charge is 0.214 e. The normalized spacial score (nSPS) is 28.4. The lowest BCUT2D eigenvalue weighted by Gasteiger charge is -2.30. The quantitative estimate of drug-likeness (QED) is 0.758. The molecule has 0 radical (unpaired) electrons. The third kappa shape index (κ3) is 3.91. The van der Waals surface area contributed by atoms with E-state index in [1.807, 2.05) is 0 Å². The van der Waals surface area contributed by atoms with E-state index in [-0.39, 0.29) is 5.25 Å². The zero-order valence-electron chi connectivity index (χ0n) is 11.2. The minimum atomic E-state index is -3.11. The van der Waals surface area contributed by atoms with E-state index < -0.39 is 10.0 Å². The molecule has 2 N–H and O–H groups in total. The summed E-state index contributed by atoms with van der Waals surface area (Å²) in [6, 6.07) is 0. The van der Waals surface area contributed by atoms with Gasteiger partial charge in [-0.05, 0) is 58.3 Å². The first-order valence-electron chi connectivity index (χ1n) is 6.95. The van der Waals surface area contributed by atoms with Gasteiger partial charge in [-0.2, -0.15) is 0 Å². The van der Waals surface area contributed by atoms with Crippen molar-refractivity contribution < 1.29 is 8.42 Å². The predicted molar refractivity (Wildman–Crippen MR) is 73.0 cm³/mol. The highest BCUT2D eigenvalue weighted by molar-refractivity contribution is 7.90. The fourth-order valence-electron chi connectivity index (χ4n) is 2.90. The van der Waals surface area contributed by atoms with E-state index in [0.717, 1.165) is 45.4 Å². The highest BCUT2D eigenvalue weighted by Crippen LogP contribution is 2.16. The molecule has 1 atom stereocenters. The van der Waals surface area contributed by atoms with Gasteiger partial charge in [-0.25, -0.2) is 13.1 Å². The van der Waals surface area contributed by atoms with E-state index >= 15 is 0 Å². The van der Waals surface area contributed by atoms with Gasteiger partial charge in [0.2, 0.25) is 10.0 Å². The topological polar surface area (TPSA) is 61.4 Å². The number of piperidine rings is 2. The zero-order chi connectivity index (χ0) is 13.0. The molecule has 0 bridgehead atoms. The molecule has 0 aromatic carbocycles. The van der Waals surface area contributed by atoms with Crippen LogP contribution in [0.5, 0.6) is 0 Å². The molecule has 2 aliphatic rings. The second-order valence-electron chi connectivity index (χ2n) is 5.61. The number of hydrogen-bond acceptors (Lipinski definition) is 4. The zero-order valence-corrected chi connectivity index (χ0v) is 12.0. The van der Waals surface area contributed by atoms with Gasteiger partial charge >= 0.3 is 0 Å². The largest absolute Gasteiger partial charge is 0.317 e. The molecule has 2 rings (SSSR count). The van der Waals surface area contributed by atoms with Crippen LogP contribution in [-0.4, -0.2) is 58.3 Å². The lowest BCUT2D eigenvalue weighted by molar-refractivity contribution is 0.211. The Morgan fingerprint density at radius 3 is 2.67 bits per heavy atom. The van der Waals surface area contributed by atoms with Gasteiger partial charge in [-0.1, -0.05) is 0 Å². The van der Waals surface area contributed by atoms with Crippen LogP contribution in [0.25, 0.3) is 0 Å². The molecule has 0 amide bonds. The minimum Gasteiger partial charge on any atom is -0.317 e. The summed E-state index contributed by atoms with van der Waals surface area (Å²) in [6.07, 6.45) is 3.79. The Kier molecular flexibility index (Phi) is 5.00. The first-order chi connectivity index (χ1) is 8.58. The van der Waals surface area contributed by atoms with Gasteiger partial charge in [-0.3, -0.25) is 0 Å². The number of nitrogens with one attached hydrogen (secondary N) is 2. The van der Waals surface area contributed by atoms with Gasteiger partial charge in [-0.15, -0.1) is 0 Å². The molecule has 0 aromatic rings. The van der Waals surface area contributed by atoms with Crippen LogP contribution in [0.4, 0.5) is 0 Å². The average Bonchev–Trinajstić information content (AvgIpc) is 2.38. The molecule has 2 heterocycles. The first-order valence-corrected chi connectivity index (χ1v) is 8.50. The van der Waals surface area contributed by atoms with Crippen molar-refractivity contribution in [2.45, 2.75) is 30.9 Å². The van der Waals surface area contributed by atoms with E-state index in [4.69, 9.17) is 0 Å². The molecule has 6 heteroatoms. The van der Waals surface area contributed by atoms with Gasteiger partial charge in [0.1, 0.15) is 0 Å². The molecule has 2 aliphatic heterocycles. The van der Waals surface area contributed by atoms with E-state index in [2.05, 4.69) is 22.0 Å². The van der Waals surface area contributed by atoms with Crippen molar-refractivity contribution in [3.05, 3.63) is 0 Å². The molecule has 0 spiro atoms. The third-order valence-electron chi connectivity index (χ3n) is 4.02. The van der Waals surface area contributed by atoms with Gasteiger partial charge < -0.3 is 10.2 Å². The Bertz CT molecular complexity index is 352. The highest BCUT2D eigenvalue weighted by Gasteiger charge is 2.28. The maximum absolute atomic E-state index is 12.2. The first kappa shape index (κ1) is 14.2. The van der Waals surface area contributed by atoms with E-state index in [9.17, 15) is 8.42 Å². The number of rotatable bonds is 4. The SMILES string of the molecule is CN1CCCC(CNS(=O)(=O)C2CCNCC2)C1. The standard InChI is InChI=1S/C12H25N3O2S/c1-15-8-2-3-11(10-15)9-14-18(16,17)12-4-6-13-7-5-12/h11-14H,2-10H2,1H3. The lowest BCUT2D eigenvalue weighted by Crippen LogP contribution is -2.45. The van der Waals surface area contributed by atoms with Crippen LogP contribution in [-0.2, 0) is 10.0 Å². The summed E-state index contributed by atoms with van der Waals surface area (Å²) in [5, 5.41) is 3.00. The van der Waals surface area contributed by atoms with Crippen molar-refractivity contribution in [3.8, 4) is 0 Å². The number of hydrogen-bond donors (Lipinski definition) is 2. The van der Waals surface area contributed by atoms with Crippen LogP contribution in [0.2, 0.25) is 0 Å². The average molecular weight is 275 g/mol. The summed E-state index contributed by atoms with van der Waals surface area (Å²) in [7, 11) is -1.00. The molecule has 0 aromatic heterocycles. The molecule has 18 heavy (non-hydrogen) atoms. The maximum atomic E-state index is 12.2. The van der Waals surface area contributed by atoms with Crippen molar-refractivity contribution in [1.29, 1.82) is 0 Å². The Morgan fingerprint density at radius 2 is 2.00 bits per heavy atom. The molecule has 5 nitrogen and oxygen atoms in total. The second kappa shape index (κ2) is 6.32. The van der Waals surface area contributed by atoms with Crippen molar-refractivity contribution in [3.63, 3.8) is 0 Å². The minimum absolute atomic E-state index is 0.194. The molecule has 2 saturated heterocycles. The summed E-state index contributed by atoms with van der Waals surface area (Å²) in [6.45, 7) is 4.39. The molecule has 2 fully saturated rings. The van der Waals surface area contributed by atoms with Crippen LogP contribution in [0, 0.1) is 5.92 Å². The summed E-state index contributed by atoms with van der Waals surface area (Å²) < 4.78 is 27.2. The molecule has 0 saturated carbocycles. The van der Waals surface area contributed by atoms with E-state index in [1.54, 1.807) is 0 Å². The van der Waals surface area contributed by atoms with Gasteiger partial charge in [0.25, 0.3) is 0 Å². The molecule has 0 aliphatic carbocycles. The number of sulfonamides is 1. The summed E-state index contributed by atoms with van der Waals surface area (Å²) in [5.74, 6) is 0.472. The summed E-state index contributed by atoms with van der Waals surface area (Å²) in [4.78, 5) is 2.28. The Morgan fingerprint density at radius 1 is 1.28 bits per heavy atom. The van der Waals surface area contributed by atoms with Crippen molar-refractivity contribution in [1.82, 2.24) is 14.9 Å². The van der Waals surface area contributed by atoms with Gasteiger partial charge in [0.05, 0.1) is 5.25 Å². The van der Waals surface area contributed by atoms with Crippen LogP contribution < -0.4 is 10.0 Å². The third-order valence-corrected chi connectivity index (χ3v) is 5.94. The van der Waals surface area contributed by atoms with Crippen molar-refractivity contribution >= 4 is 10.0 Å². The van der Waals surface area contributed by atoms with Crippen LogP contribution in [0.3, 0.4) is 0 Å². The Hall–Kier alpha value is -0.170. The van der Waals surface area contributed by atoms with Crippen molar-refractivity contribution in [2.75, 3.05) is 39.8 Å². The monoisotopic (exact) mass is 275 g/mol. The fraction of sp³-hybridized carbons (Fsp3) is 1.00. The molecular formula is C12H25N3O2S. The summed E-state index contributed by atoms with van der Waals surface area (Å²) >= 11 is 0. The fourth-order valence-corrected chi connectivity index (χ4v) is 4.46.